The van der Waals surface area contributed by atoms with Crippen molar-refractivity contribution in [3.8, 4) is 11.3 Å². The molecule has 1 aliphatic heterocycles. The van der Waals surface area contributed by atoms with Gasteiger partial charge in [0.1, 0.15) is 5.69 Å². The Hall–Kier alpha value is -2.60. The molecule has 2 aromatic carbocycles. The lowest BCUT2D eigenvalue weighted by Crippen LogP contribution is -2.49. The summed E-state index contributed by atoms with van der Waals surface area (Å²) in [5, 5.41) is 11.4. The summed E-state index contributed by atoms with van der Waals surface area (Å²) in [6.07, 6.45) is 0. The average molecular weight is 393 g/mol. The van der Waals surface area contributed by atoms with Crippen LogP contribution in [-0.4, -0.2) is 58.7 Å². The first-order valence-corrected chi connectivity index (χ1v) is 10.8. The molecule has 5 nitrogen and oxygen atoms in total. The molecule has 2 heterocycles. The molecule has 28 heavy (non-hydrogen) atoms. The number of benzene rings is 2. The first kappa shape index (κ1) is 18.7. The standard InChI is InChI=1S/C22H24N4OS/c1-2-28-16-20(27)25-12-14-26(15-13-25)22-19-11-7-6-10-18(19)21(23-24-22)17-8-4-3-5-9-17/h3-11H,2,12-16H2,1H3. The molecule has 6 heteroatoms. The molecule has 0 spiro atoms. The van der Waals surface area contributed by atoms with Gasteiger partial charge in [-0.05, 0) is 5.75 Å². The van der Waals surface area contributed by atoms with Gasteiger partial charge in [-0.2, -0.15) is 11.8 Å². The van der Waals surface area contributed by atoms with Crippen LogP contribution in [0.4, 0.5) is 5.82 Å². The summed E-state index contributed by atoms with van der Waals surface area (Å²) in [6.45, 7) is 5.12. The number of rotatable bonds is 5. The molecule has 4 rings (SSSR count). The SMILES string of the molecule is CCSCC(=O)N1CCN(c2nnc(-c3ccccc3)c3ccccc23)CC1. The lowest BCUT2D eigenvalue weighted by atomic mass is 10.0. The van der Waals surface area contributed by atoms with Crippen LogP contribution >= 0.6 is 11.8 Å². The van der Waals surface area contributed by atoms with Crippen molar-refractivity contribution < 1.29 is 4.79 Å². The van der Waals surface area contributed by atoms with Gasteiger partial charge < -0.3 is 9.80 Å². The van der Waals surface area contributed by atoms with Crippen molar-refractivity contribution in [1.29, 1.82) is 0 Å². The molecule has 1 aliphatic rings. The number of aromatic nitrogens is 2. The number of hydrogen-bond donors (Lipinski definition) is 0. The quantitative estimate of drug-likeness (QED) is 0.663. The molecule has 1 aromatic heterocycles. The molecule has 0 bridgehead atoms. The smallest absolute Gasteiger partial charge is 0.232 e. The summed E-state index contributed by atoms with van der Waals surface area (Å²) in [5.74, 6) is 2.69. The number of thioether (sulfide) groups is 1. The van der Waals surface area contributed by atoms with Gasteiger partial charge in [0.15, 0.2) is 5.82 Å². The molecule has 3 aromatic rings. The minimum Gasteiger partial charge on any atom is -0.351 e. The number of anilines is 1. The summed E-state index contributed by atoms with van der Waals surface area (Å²) < 4.78 is 0. The van der Waals surface area contributed by atoms with Crippen LogP contribution in [0.5, 0.6) is 0 Å². The Morgan fingerprint density at radius 3 is 2.32 bits per heavy atom. The zero-order chi connectivity index (χ0) is 19.3. The molecule has 1 fully saturated rings. The Kier molecular flexibility index (Phi) is 5.76. The van der Waals surface area contributed by atoms with E-state index in [-0.39, 0.29) is 5.91 Å². The highest BCUT2D eigenvalue weighted by Crippen LogP contribution is 2.31. The lowest BCUT2D eigenvalue weighted by Gasteiger charge is -2.35. The molecule has 0 radical (unpaired) electrons. The van der Waals surface area contributed by atoms with Crippen molar-refractivity contribution in [2.75, 3.05) is 42.6 Å². The van der Waals surface area contributed by atoms with Gasteiger partial charge in [0.2, 0.25) is 5.91 Å². The third-order valence-electron chi connectivity index (χ3n) is 5.08. The van der Waals surface area contributed by atoms with E-state index in [0.717, 1.165) is 59.8 Å². The Labute approximate surface area is 169 Å². The number of nitrogens with zero attached hydrogens (tertiary/aromatic N) is 4. The normalized spacial score (nSPS) is 14.5. The van der Waals surface area contributed by atoms with Gasteiger partial charge in [0.25, 0.3) is 0 Å². The van der Waals surface area contributed by atoms with E-state index >= 15 is 0 Å². The van der Waals surface area contributed by atoms with Crippen molar-refractivity contribution in [3.63, 3.8) is 0 Å². The predicted molar refractivity (Wildman–Crippen MR) is 117 cm³/mol. The number of carbonyl (C=O) groups excluding carboxylic acids is 1. The van der Waals surface area contributed by atoms with E-state index in [1.807, 2.05) is 35.2 Å². The topological polar surface area (TPSA) is 49.3 Å². The van der Waals surface area contributed by atoms with Crippen LogP contribution in [0.25, 0.3) is 22.0 Å². The van der Waals surface area contributed by atoms with E-state index in [9.17, 15) is 4.79 Å². The first-order chi connectivity index (χ1) is 13.8. The Morgan fingerprint density at radius 1 is 0.929 bits per heavy atom. The van der Waals surface area contributed by atoms with E-state index in [4.69, 9.17) is 0 Å². The van der Waals surface area contributed by atoms with Gasteiger partial charge in [-0.25, -0.2) is 0 Å². The van der Waals surface area contributed by atoms with Crippen molar-refractivity contribution in [1.82, 2.24) is 15.1 Å². The molecule has 0 aliphatic carbocycles. The minimum absolute atomic E-state index is 0.238. The second-order valence-electron chi connectivity index (χ2n) is 6.79. The fraction of sp³-hybridized carbons (Fsp3) is 0.318. The van der Waals surface area contributed by atoms with Gasteiger partial charge in [0.05, 0.1) is 5.75 Å². The molecule has 0 N–H and O–H groups in total. The number of fused-ring (bicyclic) bond motifs is 1. The van der Waals surface area contributed by atoms with Gasteiger partial charge >= 0.3 is 0 Å². The molecule has 1 amide bonds. The molecule has 0 saturated carbocycles. The van der Waals surface area contributed by atoms with E-state index in [1.54, 1.807) is 11.8 Å². The van der Waals surface area contributed by atoms with Gasteiger partial charge in [-0.15, -0.1) is 10.2 Å². The van der Waals surface area contributed by atoms with Gasteiger partial charge in [-0.3, -0.25) is 4.79 Å². The zero-order valence-electron chi connectivity index (χ0n) is 16.0. The highest BCUT2D eigenvalue weighted by Gasteiger charge is 2.23. The first-order valence-electron chi connectivity index (χ1n) is 9.69. The fourth-order valence-corrected chi connectivity index (χ4v) is 4.14. The van der Waals surface area contributed by atoms with Crippen LogP contribution in [0.15, 0.2) is 54.6 Å². The molecular formula is C22H24N4OS. The number of hydrogen-bond acceptors (Lipinski definition) is 5. The third kappa shape index (κ3) is 3.83. The molecule has 0 unspecified atom stereocenters. The van der Waals surface area contributed by atoms with Crippen LogP contribution in [-0.2, 0) is 4.79 Å². The Balaban J connectivity index is 1.58. The maximum Gasteiger partial charge on any atom is 0.232 e. The largest absolute Gasteiger partial charge is 0.351 e. The second-order valence-corrected chi connectivity index (χ2v) is 8.06. The van der Waals surface area contributed by atoms with Crippen LogP contribution in [0, 0.1) is 0 Å². The lowest BCUT2D eigenvalue weighted by molar-refractivity contribution is -0.128. The van der Waals surface area contributed by atoms with E-state index < -0.39 is 0 Å². The monoisotopic (exact) mass is 392 g/mol. The van der Waals surface area contributed by atoms with Crippen molar-refractivity contribution >= 4 is 34.3 Å². The fourth-order valence-electron chi connectivity index (χ4n) is 3.58. The van der Waals surface area contributed by atoms with Gasteiger partial charge in [-0.1, -0.05) is 61.5 Å². The highest BCUT2D eigenvalue weighted by molar-refractivity contribution is 7.99. The summed E-state index contributed by atoms with van der Waals surface area (Å²) in [6, 6.07) is 18.5. The molecule has 0 atom stereocenters. The maximum absolute atomic E-state index is 12.3. The van der Waals surface area contributed by atoms with E-state index in [1.165, 1.54) is 0 Å². The van der Waals surface area contributed by atoms with Crippen LogP contribution in [0.1, 0.15) is 6.92 Å². The second kappa shape index (κ2) is 8.61. The zero-order valence-corrected chi connectivity index (χ0v) is 16.9. The van der Waals surface area contributed by atoms with Crippen LogP contribution < -0.4 is 4.90 Å². The van der Waals surface area contributed by atoms with Crippen LogP contribution in [0.2, 0.25) is 0 Å². The Morgan fingerprint density at radius 2 is 1.61 bits per heavy atom. The highest BCUT2D eigenvalue weighted by atomic mass is 32.2. The number of amides is 1. The van der Waals surface area contributed by atoms with Crippen molar-refractivity contribution in [2.24, 2.45) is 0 Å². The maximum atomic E-state index is 12.3. The van der Waals surface area contributed by atoms with Gasteiger partial charge in [0, 0.05) is 42.5 Å². The molecular weight excluding hydrogens is 368 g/mol. The molecule has 144 valence electrons. The summed E-state index contributed by atoms with van der Waals surface area (Å²) in [4.78, 5) is 16.5. The molecule has 1 saturated heterocycles. The summed E-state index contributed by atoms with van der Waals surface area (Å²) in [5.41, 5.74) is 1.98. The number of carbonyl (C=O) groups is 1. The number of piperazine rings is 1. The predicted octanol–water partition coefficient (Wildman–Crippen LogP) is 3.70. The average Bonchev–Trinajstić information content (AvgIpc) is 2.77. The van der Waals surface area contributed by atoms with Crippen molar-refractivity contribution in [2.45, 2.75) is 6.92 Å². The third-order valence-corrected chi connectivity index (χ3v) is 5.94. The van der Waals surface area contributed by atoms with Crippen molar-refractivity contribution in [3.05, 3.63) is 54.6 Å². The minimum atomic E-state index is 0.238. The van der Waals surface area contributed by atoms with E-state index in [2.05, 4.69) is 46.3 Å². The Bertz CT molecular complexity index is 955. The van der Waals surface area contributed by atoms with E-state index in [0.29, 0.717) is 5.75 Å². The van der Waals surface area contributed by atoms with Crippen LogP contribution in [0.3, 0.4) is 0 Å². The summed E-state index contributed by atoms with van der Waals surface area (Å²) in [7, 11) is 0. The summed E-state index contributed by atoms with van der Waals surface area (Å²) >= 11 is 1.68.